The van der Waals surface area contributed by atoms with Crippen LogP contribution in [0.5, 0.6) is 0 Å². The van der Waals surface area contributed by atoms with Gasteiger partial charge in [0.2, 0.25) is 11.9 Å². The summed E-state index contributed by atoms with van der Waals surface area (Å²) in [7, 11) is 1.63. The van der Waals surface area contributed by atoms with E-state index >= 15 is 0 Å². The van der Waals surface area contributed by atoms with Gasteiger partial charge in [0.05, 0.1) is 12.7 Å². The largest absolute Gasteiger partial charge is 0.364 e. The fraction of sp³-hybridized carbons (Fsp3) is 0.368. The van der Waals surface area contributed by atoms with Gasteiger partial charge < -0.3 is 26.3 Å². The van der Waals surface area contributed by atoms with Gasteiger partial charge in [0, 0.05) is 25.3 Å². The monoisotopic (exact) mass is 380 g/mol. The van der Waals surface area contributed by atoms with Crippen LogP contribution in [0.3, 0.4) is 0 Å². The fourth-order valence-corrected chi connectivity index (χ4v) is 3.27. The summed E-state index contributed by atoms with van der Waals surface area (Å²) in [6, 6.07) is 7.98. The molecule has 0 aliphatic carbocycles. The first kappa shape index (κ1) is 18.2. The molecule has 0 saturated carbocycles. The van der Waals surface area contributed by atoms with Gasteiger partial charge in [-0.1, -0.05) is 12.1 Å². The lowest BCUT2D eigenvalue weighted by atomic mass is 10.1. The first-order valence-corrected chi connectivity index (χ1v) is 9.46. The van der Waals surface area contributed by atoms with E-state index in [2.05, 4.69) is 41.2 Å². The molecule has 1 atom stereocenters. The van der Waals surface area contributed by atoms with E-state index in [0.717, 1.165) is 48.5 Å². The Morgan fingerprint density at radius 1 is 1.25 bits per heavy atom. The minimum atomic E-state index is -0.0130. The number of aromatic amines is 1. The van der Waals surface area contributed by atoms with Gasteiger partial charge in [-0.15, -0.1) is 0 Å². The van der Waals surface area contributed by atoms with Crippen molar-refractivity contribution in [1.29, 1.82) is 0 Å². The smallest absolute Gasteiger partial charge is 0.231 e. The maximum absolute atomic E-state index is 11.5. The Morgan fingerprint density at radius 2 is 2.11 bits per heavy atom. The van der Waals surface area contributed by atoms with Gasteiger partial charge in [-0.3, -0.25) is 4.79 Å². The molecule has 9 nitrogen and oxygen atoms in total. The number of hydrogen-bond donors (Lipinski definition) is 5. The summed E-state index contributed by atoms with van der Waals surface area (Å²) in [5.41, 5.74) is 3.21. The maximum Gasteiger partial charge on any atom is 0.231 e. The number of amides is 1. The van der Waals surface area contributed by atoms with E-state index in [1.165, 1.54) is 0 Å². The molecule has 146 valence electrons. The van der Waals surface area contributed by atoms with Gasteiger partial charge in [-0.2, -0.15) is 9.97 Å². The lowest BCUT2D eigenvalue weighted by molar-refractivity contribution is -0.119. The zero-order valence-corrected chi connectivity index (χ0v) is 15.7. The number of carbonyl (C=O) groups excluding carboxylic acids is 1. The van der Waals surface area contributed by atoms with Gasteiger partial charge in [0.25, 0.3) is 0 Å². The minimum Gasteiger partial charge on any atom is -0.364 e. The number of rotatable bonds is 6. The molecule has 1 aromatic carbocycles. The van der Waals surface area contributed by atoms with E-state index < -0.39 is 0 Å². The van der Waals surface area contributed by atoms with Crippen molar-refractivity contribution in [2.24, 2.45) is 0 Å². The number of imidazole rings is 1. The van der Waals surface area contributed by atoms with E-state index in [1.807, 2.05) is 24.3 Å². The lowest BCUT2D eigenvalue weighted by Gasteiger charge is -2.24. The van der Waals surface area contributed by atoms with Crippen LogP contribution in [0.2, 0.25) is 0 Å². The highest BCUT2D eigenvalue weighted by molar-refractivity contribution is 5.84. The van der Waals surface area contributed by atoms with Crippen LogP contribution < -0.4 is 21.3 Å². The van der Waals surface area contributed by atoms with E-state index in [-0.39, 0.29) is 5.91 Å². The second-order valence-electron chi connectivity index (χ2n) is 6.86. The number of nitrogens with zero attached hydrogens (tertiary/aromatic N) is 3. The number of carbonyl (C=O) groups is 1. The summed E-state index contributed by atoms with van der Waals surface area (Å²) in [5, 5.41) is 12.8. The molecule has 1 amide bonds. The van der Waals surface area contributed by atoms with Gasteiger partial charge in [0.1, 0.15) is 5.52 Å². The second kappa shape index (κ2) is 8.22. The molecule has 3 heterocycles. The van der Waals surface area contributed by atoms with Crippen LogP contribution in [0.1, 0.15) is 18.4 Å². The van der Waals surface area contributed by atoms with Gasteiger partial charge in [0.15, 0.2) is 11.5 Å². The summed E-state index contributed by atoms with van der Waals surface area (Å²) in [5.74, 6) is 1.21. The third kappa shape index (κ3) is 4.20. The molecule has 0 spiro atoms. The molecule has 0 radical (unpaired) electrons. The average molecular weight is 380 g/mol. The Hall–Kier alpha value is -3.20. The topological polar surface area (TPSA) is 120 Å². The van der Waals surface area contributed by atoms with Crippen molar-refractivity contribution in [2.45, 2.75) is 25.3 Å². The third-order valence-corrected chi connectivity index (χ3v) is 4.78. The fourth-order valence-electron chi connectivity index (χ4n) is 3.27. The van der Waals surface area contributed by atoms with E-state index in [4.69, 9.17) is 0 Å². The van der Waals surface area contributed by atoms with Crippen LogP contribution in [0.15, 0.2) is 30.6 Å². The van der Waals surface area contributed by atoms with Crippen molar-refractivity contribution < 1.29 is 4.79 Å². The maximum atomic E-state index is 11.5. The molecule has 1 fully saturated rings. The van der Waals surface area contributed by atoms with Crippen LogP contribution in [-0.4, -0.2) is 52.0 Å². The van der Waals surface area contributed by atoms with Crippen molar-refractivity contribution in [1.82, 2.24) is 30.6 Å². The first-order chi connectivity index (χ1) is 13.7. The molecular weight excluding hydrogens is 356 g/mol. The third-order valence-electron chi connectivity index (χ3n) is 4.78. The van der Waals surface area contributed by atoms with Crippen LogP contribution in [0.4, 0.5) is 17.5 Å². The Bertz CT molecular complexity index is 946. The van der Waals surface area contributed by atoms with Crippen LogP contribution in [0.25, 0.3) is 11.2 Å². The molecule has 9 heteroatoms. The molecule has 1 unspecified atom stereocenters. The molecule has 4 rings (SSSR count). The number of aromatic nitrogens is 4. The number of anilines is 3. The number of hydrogen-bond acceptors (Lipinski definition) is 7. The lowest BCUT2D eigenvalue weighted by Crippen LogP contribution is -2.38. The first-order valence-electron chi connectivity index (χ1n) is 9.46. The quantitative estimate of drug-likeness (QED) is 0.440. The normalized spacial score (nSPS) is 16.7. The van der Waals surface area contributed by atoms with Crippen LogP contribution in [-0.2, 0) is 11.2 Å². The standard InChI is InChI=1S/C19H24N8O/c1-20-15(28)9-12-4-6-13(7-5-12)25-19-26-17-16(22-11-23-17)18(27-19)24-14-3-2-8-21-10-14/h4-7,11,14,21H,2-3,8-10H2,1H3,(H,20,28)(H3,22,23,24,25,26,27). The number of nitrogens with one attached hydrogen (secondary N) is 5. The molecule has 3 aromatic rings. The summed E-state index contributed by atoms with van der Waals surface area (Å²) >= 11 is 0. The Morgan fingerprint density at radius 3 is 2.86 bits per heavy atom. The van der Waals surface area contributed by atoms with Crippen molar-refractivity contribution in [3.05, 3.63) is 36.2 Å². The molecule has 2 aromatic heterocycles. The second-order valence-corrected chi connectivity index (χ2v) is 6.86. The van der Waals surface area contributed by atoms with Crippen molar-refractivity contribution in [2.75, 3.05) is 30.8 Å². The van der Waals surface area contributed by atoms with Gasteiger partial charge >= 0.3 is 0 Å². The predicted octanol–water partition coefficient (Wildman–Crippen LogP) is 1.55. The van der Waals surface area contributed by atoms with Gasteiger partial charge in [-0.05, 0) is 37.1 Å². The molecule has 1 saturated heterocycles. The zero-order chi connectivity index (χ0) is 19.3. The Balaban J connectivity index is 1.52. The zero-order valence-electron chi connectivity index (χ0n) is 15.7. The number of likely N-dealkylation sites (N-methyl/N-ethyl adjacent to an activating group) is 1. The summed E-state index contributed by atoms with van der Waals surface area (Å²) in [6.07, 6.45) is 4.22. The SMILES string of the molecule is CNC(=O)Cc1ccc(Nc2nc(NC3CCCNC3)c3[nH]cnc3n2)cc1. The van der Waals surface area contributed by atoms with Crippen LogP contribution in [0, 0.1) is 0 Å². The Kier molecular flexibility index (Phi) is 5.34. The molecule has 1 aliphatic heterocycles. The highest BCUT2D eigenvalue weighted by atomic mass is 16.1. The number of piperidine rings is 1. The molecular formula is C19H24N8O. The number of benzene rings is 1. The summed E-state index contributed by atoms with van der Waals surface area (Å²) in [6.45, 7) is 1.97. The highest BCUT2D eigenvalue weighted by Crippen LogP contribution is 2.23. The Labute approximate surface area is 162 Å². The number of fused-ring (bicyclic) bond motifs is 1. The highest BCUT2D eigenvalue weighted by Gasteiger charge is 2.17. The average Bonchev–Trinajstić information content (AvgIpc) is 3.19. The van der Waals surface area contributed by atoms with Crippen molar-refractivity contribution in [3.63, 3.8) is 0 Å². The van der Waals surface area contributed by atoms with E-state index in [0.29, 0.717) is 24.1 Å². The van der Waals surface area contributed by atoms with Crippen molar-refractivity contribution >= 4 is 34.5 Å². The number of H-pyrrole nitrogens is 1. The molecule has 5 N–H and O–H groups in total. The minimum absolute atomic E-state index is 0.0130. The van der Waals surface area contributed by atoms with E-state index in [9.17, 15) is 4.79 Å². The molecule has 28 heavy (non-hydrogen) atoms. The van der Waals surface area contributed by atoms with E-state index in [1.54, 1.807) is 13.4 Å². The summed E-state index contributed by atoms with van der Waals surface area (Å²) < 4.78 is 0. The van der Waals surface area contributed by atoms with Gasteiger partial charge in [-0.25, -0.2) is 4.98 Å². The van der Waals surface area contributed by atoms with Crippen LogP contribution >= 0.6 is 0 Å². The molecule has 1 aliphatic rings. The summed E-state index contributed by atoms with van der Waals surface area (Å²) in [4.78, 5) is 28.0. The molecule has 0 bridgehead atoms. The predicted molar refractivity (Wildman–Crippen MR) is 109 cm³/mol. The van der Waals surface area contributed by atoms with Crippen molar-refractivity contribution in [3.8, 4) is 0 Å².